The van der Waals surface area contributed by atoms with Crippen LogP contribution >= 0.6 is 23.4 Å². The van der Waals surface area contributed by atoms with Crippen molar-refractivity contribution >= 4 is 51.1 Å². The number of fused-ring (bicyclic) bond motifs is 2. The van der Waals surface area contributed by atoms with Gasteiger partial charge in [-0.15, -0.1) is 11.8 Å². The van der Waals surface area contributed by atoms with Crippen LogP contribution in [0, 0.1) is 0 Å². The number of carboxylic acids is 1. The van der Waals surface area contributed by atoms with Gasteiger partial charge in [-0.2, -0.15) is 0 Å². The molecule has 0 aliphatic rings. The summed E-state index contributed by atoms with van der Waals surface area (Å²) in [6.07, 6.45) is 0. The molecule has 0 bridgehead atoms. The Labute approximate surface area is 124 Å². The number of pyridine rings is 1. The molecule has 0 unspecified atom stereocenters. The first-order valence-corrected chi connectivity index (χ1v) is 7.34. The fraction of sp³-hybridized carbons (Fsp3) is 0.0667. The lowest BCUT2D eigenvalue weighted by molar-refractivity contribution is -0.133. The number of nitrogens with zero attached hydrogens (tertiary/aromatic N) is 1. The Balaban J connectivity index is 2.31. The number of hydrogen-bond acceptors (Lipinski definition) is 3. The number of hydrogen-bond donors (Lipinski definition) is 1. The molecule has 5 heteroatoms. The SMILES string of the molecule is O=C(O)CSc1c2ccccc2nc2cc(Cl)ccc12. The highest BCUT2D eigenvalue weighted by molar-refractivity contribution is 8.00. The molecule has 0 fully saturated rings. The smallest absolute Gasteiger partial charge is 0.313 e. The van der Waals surface area contributed by atoms with E-state index in [4.69, 9.17) is 16.7 Å². The van der Waals surface area contributed by atoms with Crippen LogP contribution in [-0.2, 0) is 4.79 Å². The number of carbonyl (C=O) groups is 1. The molecule has 0 atom stereocenters. The van der Waals surface area contributed by atoms with Gasteiger partial charge in [0.1, 0.15) is 0 Å². The van der Waals surface area contributed by atoms with Gasteiger partial charge < -0.3 is 5.11 Å². The van der Waals surface area contributed by atoms with E-state index >= 15 is 0 Å². The minimum absolute atomic E-state index is 0.0196. The normalized spacial score (nSPS) is 11.1. The Bertz CT molecular complexity index is 819. The number of benzene rings is 2. The van der Waals surface area contributed by atoms with E-state index in [1.54, 1.807) is 12.1 Å². The van der Waals surface area contributed by atoms with Crippen molar-refractivity contribution in [1.82, 2.24) is 4.98 Å². The van der Waals surface area contributed by atoms with Gasteiger partial charge in [-0.05, 0) is 18.2 Å². The van der Waals surface area contributed by atoms with Crippen LogP contribution in [0.15, 0.2) is 47.4 Å². The number of aliphatic carboxylic acids is 1. The molecular weight excluding hydrogens is 294 g/mol. The fourth-order valence-corrected chi connectivity index (χ4v) is 3.21. The summed E-state index contributed by atoms with van der Waals surface area (Å²) in [7, 11) is 0. The van der Waals surface area contributed by atoms with E-state index in [9.17, 15) is 4.79 Å². The lowest BCUT2D eigenvalue weighted by Gasteiger charge is -2.09. The van der Waals surface area contributed by atoms with E-state index in [-0.39, 0.29) is 5.75 Å². The molecular formula is C15H10ClNO2S. The standard InChI is InChI=1S/C15H10ClNO2S/c16-9-5-6-11-13(7-9)17-12-4-2-1-3-10(12)15(11)20-8-14(18)19/h1-7H,8H2,(H,18,19). The molecule has 0 aliphatic heterocycles. The number of halogens is 1. The molecule has 0 saturated heterocycles. The summed E-state index contributed by atoms with van der Waals surface area (Å²) in [5.41, 5.74) is 1.62. The molecule has 3 nitrogen and oxygen atoms in total. The highest BCUT2D eigenvalue weighted by atomic mass is 35.5. The van der Waals surface area contributed by atoms with Gasteiger partial charge in [0.15, 0.2) is 0 Å². The third-order valence-corrected chi connectivity index (χ3v) is 4.29. The van der Waals surface area contributed by atoms with Gasteiger partial charge in [0, 0.05) is 20.7 Å². The zero-order valence-corrected chi connectivity index (χ0v) is 11.9. The molecule has 1 aromatic heterocycles. The van der Waals surface area contributed by atoms with Crippen molar-refractivity contribution in [2.75, 3.05) is 5.75 Å². The molecule has 3 aromatic rings. The summed E-state index contributed by atoms with van der Waals surface area (Å²) >= 11 is 7.32. The van der Waals surface area contributed by atoms with Gasteiger partial charge in [0.05, 0.1) is 16.8 Å². The Hall–Kier alpha value is -1.78. The van der Waals surface area contributed by atoms with Crippen LogP contribution in [0.25, 0.3) is 21.8 Å². The van der Waals surface area contributed by atoms with Gasteiger partial charge in [0.2, 0.25) is 0 Å². The lowest BCUT2D eigenvalue weighted by atomic mass is 10.1. The number of thioether (sulfide) groups is 1. The van der Waals surface area contributed by atoms with Crippen molar-refractivity contribution < 1.29 is 9.90 Å². The number of rotatable bonds is 3. The number of carboxylic acid groups (broad SMARTS) is 1. The summed E-state index contributed by atoms with van der Waals surface area (Å²) in [6, 6.07) is 13.2. The Kier molecular flexibility index (Phi) is 3.51. The zero-order chi connectivity index (χ0) is 14.1. The van der Waals surface area contributed by atoms with Crippen LogP contribution in [0.1, 0.15) is 0 Å². The van der Waals surface area contributed by atoms with Crippen LogP contribution < -0.4 is 0 Å². The quantitative estimate of drug-likeness (QED) is 0.581. The molecule has 20 heavy (non-hydrogen) atoms. The van der Waals surface area contributed by atoms with Crippen LogP contribution in [-0.4, -0.2) is 21.8 Å². The van der Waals surface area contributed by atoms with E-state index in [1.807, 2.05) is 30.3 Å². The van der Waals surface area contributed by atoms with Crippen LogP contribution in [0.4, 0.5) is 0 Å². The van der Waals surface area contributed by atoms with Gasteiger partial charge >= 0.3 is 5.97 Å². The van der Waals surface area contributed by atoms with E-state index in [1.165, 1.54) is 11.8 Å². The second-order valence-electron chi connectivity index (χ2n) is 4.30. The lowest BCUT2D eigenvalue weighted by Crippen LogP contribution is -1.98. The van der Waals surface area contributed by atoms with Crippen molar-refractivity contribution in [1.29, 1.82) is 0 Å². The summed E-state index contributed by atoms with van der Waals surface area (Å²) in [5.74, 6) is -0.816. The summed E-state index contributed by atoms with van der Waals surface area (Å²) in [5, 5.41) is 11.4. The molecule has 100 valence electrons. The molecule has 3 rings (SSSR count). The van der Waals surface area contributed by atoms with Crippen LogP contribution in [0.2, 0.25) is 5.02 Å². The van der Waals surface area contributed by atoms with Crippen molar-refractivity contribution in [3.8, 4) is 0 Å². The summed E-state index contributed by atoms with van der Waals surface area (Å²) in [4.78, 5) is 16.4. The molecule has 2 aromatic carbocycles. The first kappa shape index (κ1) is 13.2. The Morgan fingerprint density at radius 3 is 2.70 bits per heavy atom. The van der Waals surface area contributed by atoms with E-state index in [0.29, 0.717) is 5.02 Å². The van der Waals surface area contributed by atoms with Crippen LogP contribution in [0.3, 0.4) is 0 Å². The van der Waals surface area contributed by atoms with Crippen molar-refractivity contribution in [3.63, 3.8) is 0 Å². The van der Waals surface area contributed by atoms with Crippen LogP contribution in [0.5, 0.6) is 0 Å². The highest BCUT2D eigenvalue weighted by Gasteiger charge is 2.11. The predicted molar refractivity (Wildman–Crippen MR) is 82.6 cm³/mol. The second kappa shape index (κ2) is 5.31. The monoisotopic (exact) mass is 303 g/mol. The molecule has 0 spiro atoms. The molecule has 0 amide bonds. The third kappa shape index (κ3) is 2.44. The fourth-order valence-electron chi connectivity index (χ4n) is 2.12. The molecule has 0 saturated carbocycles. The van der Waals surface area contributed by atoms with E-state index in [2.05, 4.69) is 4.98 Å². The van der Waals surface area contributed by atoms with Gasteiger partial charge in [-0.25, -0.2) is 4.98 Å². The minimum atomic E-state index is -0.835. The highest BCUT2D eigenvalue weighted by Crippen LogP contribution is 2.34. The first-order chi connectivity index (χ1) is 9.65. The van der Waals surface area contributed by atoms with Gasteiger partial charge in [-0.3, -0.25) is 4.79 Å². The summed E-state index contributed by atoms with van der Waals surface area (Å²) in [6.45, 7) is 0. The molecule has 0 aliphatic carbocycles. The maximum absolute atomic E-state index is 10.8. The topological polar surface area (TPSA) is 50.2 Å². The average Bonchev–Trinajstić information content (AvgIpc) is 2.43. The molecule has 1 N–H and O–H groups in total. The maximum Gasteiger partial charge on any atom is 0.313 e. The first-order valence-electron chi connectivity index (χ1n) is 5.98. The maximum atomic E-state index is 10.8. The summed E-state index contributed by atoms with van der Waals surface area (Å²) < 4.78 is 0. The number of aromatic nitrogens is 1. The third-order valence-electron chi connectivity index (χ3n) is 2.93. The molecule has 0 radical (unpaired) electrons. The van der Waals surface area contributed by atoms with Crippen molar-refractivity contribution in [2.45, 2.75) is 4.90 Å². The average molecular weight is 304 g/mol. The second-order valence-corrected chi connectivity index (χ2v) is 5.72. The van der Waals surface area contributed by atoms with Gasteiger partial charge in [0.25, 0.3) is 0 Å². The zero-order valence-electron chi connectivity index (χ0n) is 10.3. The Morgan fingerprint density at radius 2 is 1.90 bits per heavy atom. The van der Waals surface area contributed by atoms with Crippen molar-refractivity contribution in [3.05, 3.63) is 47.5 Å². The minimum Gasteiger partial charge on any atom is -0.481 e. The van der Waals surface area contributed by atoms with Crippen molar-refractivity contribution in [2.24, 2.45) is 0 Å². The Morgan fingerprint density at radius 1 is 1.15 bits per heavy atom. The largest absolute Gasteiger partial charge is 0.481 e. The molecule has 1 heterocycles. The number of para-hydroxylation sites is 1. The van der Waals surface area contributed by atoms with E-state index in [0.717, 1.165) is 26.7 Å². The van der Waals surface area contributed by atoms with E-state index < -0.39 is 5.97 Å². The predicted octanol–water partition coefficient (Wildman–Crippen LogP) is 4.22. The van der Waals surface area contributed by atoms with Gasteiger partial charge in [-0.1, -0.05) is 35.9 Å².